The minimum absolute atomic E-state index is 0.447. The molecule has 20 heavy (non-hydrogen) atoms. The molecule has 0 aliphatic carbocycles. The molecule has 2 aromatic carbocycles. The summed E-state index contributed by atoms with van der Waals surface area (Å²) in [6.45, 7) is 2.05. The van der Waals surface area contributed by atoms with Crippen LogP contribution in [0.1, 0.15) is 12.5 Å². The third-order valence-electron chi connectivity index (χ3n) is 3.33. The standard InChI is InChI=1S/C15H14ClN3S/c1-15(11-7-9-12(16)10-8-11)17-14(20)19(18-15)13-5-3-2-4-6-13/h2-10,18H,1H3,(H,17,20). The van der Waals surface area contributed by atoms with Crippen LogP contribution in [0.15, 0.2) is 54.6 Å². The third-order valence-corrected chi connectivity index (χ3v) is 3.87. The zero-order chi connectivity index (χ0) is 14.2. The van der Waals surface area contributed by atoms with E-state index in [4.69, 9.17) is 23.8 Å². The molecule has 3 nitrogen and oxygen atoms in total. The predicted molar refractivity (Wildman–Crippen MR) is 86.6 cm³/mol. The van der Waals surface area contributed by atoms with Gasteiger partial charge < -0.3 is 5.32 Å². The van der Waals surface area contributed by atoms with Crippen molar-refractivity contribution in [2.75, 3.05) is 5.01 Å². The Bertz CT molecular complexity index is 629. The van der Waals surface area contributed by atoms with E-state index in [0.29, 0.717) is 5.11 Å². The van der Waals surface area contributed by atoms with Gasteiger partial charge in [0.2, 0.25) is 0 Å². The summed E-state index contributed by atoms with van der Waals surface area (Å²) in [6.07, 6.45) is 0. The molecule has 0 saturated carbocycles. The lowest BCUT2D eigenvalue weighted by molar-refractivity contribution is 0.390. The van der Waals surface area contributed by atoms with Gasteiger partial charge in [-0.2, -0.15) is 5.43 Å². The highest BCUT2D eigenvalue weighted by Crippen LogP contribution is 2.27. The van der Waals surface area contributed by atoms with Gasteiger partial charge in [-0.1, -0.05) is 41.9 Å². The molecule has 0 amide bonds. The van der Waals surface area contributed by atoms with Gasteiger partial charge in [-0.25, -0.2) is 5.01 Å². The molecule has 102 valence electrons. The number of benzene rings is 2. The molecule has 3 rings (SSSR count). The lowest BCUT2D eigenvalue weighted by atomic mass is 10.0. The number of halogens is 1. The zero-order valence-electron chi connectivity index (χ0n) is 10.9. The maximum absolute atomic E-state index is 5.94. The maximum atomic E-state index is 5.94. The van der Waals surface area contributed by atoms with Crippen molar-refractivity contribution in [3.63, 3.8) is 0 Å². The molecule has 2 N–H and O–H groups in total. The molecule has 1 fully saturated rings. The molecule has 0 radical (unpaired) electrons. The second kappa shape index (κ2) is 5.05. The summed E-state index contributed by atoms with van der Waals surface area (Å²) in [5, 5.41) is 6.56. The van der Waals surface area contributed by atoms with Crippen molar-refractivity contribution in [3.8, 4) is 0 Å². The Labute approximate surface area is 128 Å². The van der Waals surface area contributed by atoms with Gasteiger partial charge >= 0.3 is 0 Å². The zero-order valence-corrected chi connectivity index (χ0v) is 12.5. The molecule has 5 heteroatoms. The summed E-state index contributed by atoms with van der Waals surface area (Å²) < 4.78 is 0. The minimum atomic E-state index is -0.447. The van der Waals surface area contributed by atoms with E-state index in [1.807, 2.05) is 66.5 Å². The van der Waals surface area contributed by atoms with Gasteiger partial charge in [-0.15, -0.1) is 0 Å². The van der Waals surface area contributed by atoms with Crippen molar-refractivity contribution >= 4 is 34.6 Å². The van der Waals surface area contributed by atoms with E-state index in [0.717, 1.165) is 16.3 Å². The predicted octanol–water partition coefficient (Wildman–Crippen LogP) is 3.41. The topological polar surface area (TPSA) is 27.3 Å². The molecule has 1 aliphatic heterocycles. The highest BCUT2D eigenvalue weighted by atomic mass is 35.5. The molecule has 0 aromatic heterocycles. The van der Waals surface area contributed by atoms with Crippen molar-refractivity contribution in [2.24, 2.45) is 0 Å². The number of anilines is 1. The van der Waals surface area contributed by atoms with Crippen molar-refractivity contribution in [2.45, 2.75) is 12.6 Å². The molecule has 1 saturated heterocycles. The number of nitrogens with zero attached hydrogens (tertiary/aromatic N) is 1. The van der Waals surface area contributed by atoms with Crippen LogP contribution in [0.4, 0.5) is 5.69 Å². The first-order valence-corrected chi connectivity index (χ1v) is 7.08. The lowest BCUT2D eigenvalue weighted by Crippen LogP contribution is -2.45. The van der Waals surface area contributed by atoms with E-state index >= 15 is 0 Å². The Morgan fingerprint density at radius 3 is 2.35 bits per heavy atom. The summed E-state index contributed by atoms with van der Waals surface area (Å²) in [5.74, 6) is 0. The molecule has 2 aromatic rings. The van der Waals surface area contributed by atoms with Gasteiger partial charge in [0.05, 0.1) is 5.69 Å². The largest absolute Gasteiger partial charge is 0.338 e. The van der Waals surface area contributed by atoms with Crippen LogP contribution in [0, 0.1) is 0 Å². The van der Waals surface area contributed by atoms with Gasteiger partial charge in [-0.3, -0.25) is 0 Å². The van der Waals surface area contributed by atoms with E-state index in [1.54, 1.807) is 0 Å². The Balaban J connectivity index is 1.91. The van der Waals surface area contributed by atoms with Crippen molar-refractivity contribution < 1.29 is 0 Å². The van der Waals surface area contributed by atoms with Crippen molar-refractivity contribution in [1.82, 2.24) is 10.7 Å². The van der Waals surface area contributed by atoms with E-state index in [1.165, 1.54) is 0 Å². The summed E-state index contributed by atoms with van der Waals surface area (Å²) in [6, 6.07) is 17.7. The average Bonchev–Trinajstić information content (AvgIpc) is 2.77. The molecular formula is C15H14ClN3S. The van der Waals surface area contributed by atoms with Crippen molar-refractivity contribution in [1.29, 1.82) is 0 Å². The van der Waals surface area contributed by atoms with Crippen LogP contribution in [-0.4, -0.2) is 5.11 Å². The quantitative estimate of drug-likeness (QED) is 0.832. The second-order valence-corrected chi connectivity index (χ2v) is 5.67. The molecule has 0 bridgehead atoms. The van der Waals surface area contributed by atoms with E-state index in [9.17, 15) is 0 Å². The average molecular weight is 304 g/mol. The number of nitrogens with one attached hydrogen (secondary N) is 2. The highest BCUT2D eigenvalue weighted by molar-refractivity contribution is 7.80. The lowest BCUT2D eigenvalue weighted by Gasteiger charge is -2.26. The summed E-state index contributed by atoms with van der Waals surface area (Å²) >= 11 is 11.4. The molecule has 1 unspecified atom stereocenters. The van der Waals surface area contributed by atoms with Gasteiger partial charge in [0.25, 0.3) is 0 Å². The molecule has 1 heterocycles. The third kappa shape index (κ3) is 2.38. The van der Waals surface area contributed by atoms with Gasteiger partial charge in [0, 0.05) is 5.02 Å². The van der Waals surface area contributed by atoms with Crippen LogP contribution in [0.3, 0.4) is 0 Å². The maximum Gasteiger partial charge on any atom is 0.190 e. The van der Waals surface area contributed by atoms with Gasteiger partial charge in [-0.05, 0) is 49.0 Å². The second-order valence-electron chi connectivity index (χ2n) is 4.84. The van der Waals surface area contributed by atoms with E-state index in [2.05, 4.69) is 10.7 Å². The van der Waals surface area contributed by atoms with Crippen LogP contribution in [0.5, 0.6) is 0 Å². The van der Waals surface area contributed by atoms with Gasteiger partial charge in [0.15, 0.2) is 5.11 Å². The van der Waals surface area contributed by atoms with Crippen LogP contribution in [-0.2, 0) is 5.66 Å². The SMILES string of the molecule is CC1(c2ccc(Cl)cc2)NC(=S)N(c2ccccc2)N1. The molecule has 0 spiro atoms. The van der Waals surface area contributed by atoms with E-state index in [-0.39, 0.29) is 0 Å². The number of hydrogen-bond acceptors (Lipinski definition) is 2. The van der Waals surface area contributed by atoms with Crippen LogP contribution in [0.25, 0.3) is 0 Å². The Morgan fingerprint density at radius 1 is 1.05 bits per heavy atom. The van der Waals surface area contributed by atoms with Gasteiger partial charge in [0.1, 0.15) is 5.66 Å². The molecule has 1 aliphatic rings. The smallest absolute Gasteiger partial charge is 0.190 e. The number of hydrogen-bond donors (Lipinski definition) is 2. The number of thiocarbonyl (C=S) groups is 1. The molecular weight excluding hydrogens is 290 g/mol. The number of para-hydroxylation sites is 1. The summed E-state index contributed by atoms with van der Waals surface area (Å²) in [4.78, 5) is 0. The Morgan fingerprint density at radius 2 is 1.70 bits per heavy atom. The fourth-order valence-corrected chi connectivity index (χ4v) is 2.73. The van der Waals surface area contributed by atoms with Crippen LogP contribution in [0.2, 0.25) is 5.02 Å². The first-order valence-electron chi connectivity index (χ1n) is 6.30. The first-order chi connectivity index (χ1) is 9.58. The Hall–Kier alpha value is -1.62. The Kier molecular flexibility index (Phi) is 3.38. The highest BCUT2D eigenvalue weighted by Gasteiger charge is 2.37. The normalized spacial score (nSPS) is 21.9. The summed E-state index contributed by atoms with van der Waals surface area (Å²) in [7, 11) is 0. The number of hydrazine groups is 1. The fraction of sp³-hybridized carbons (Fsp3) is 0.133. The number of rotatable bonds is 2. The van der Waals surface area contributed by atoms with E-state index < -0.39 is 5.66 Å². The minimum Gasteiger partial charge on any atom is -0.338 e. The first kappa shape index (κ1) is 13.4. The monoisotopic (exact) mass is 303 g/mol. The van der Waals surface area contributed by atoms with Crippen LogP contribution < -0.4 is 15.8 Å². The fourth-order valence-electron chi connectivity index (χ4n) is 2.25. The molecule has 1 atom stereocenters. The van der Waals surface area contributed by atoms with Crippen LogP contribution >= 0.6 is 23.8 Å². The van der Waals surface area contributed by atoms with Crippen molar-refractivity contribution in [3.05, 3.63) is 65.2 Å². The summed E-state index contributed by atoms with van der Waals surface area (Å²) in [5.41, 5.74) is 5.03.